The highest BCUT2D eigenvalue weighted by molar-refractivity contribution is 5.71. The summed E-state index contributed by atoms with van der Waals surface area (Å²) in [4.78, 5) is 48.6. The normalized spacial score (nSPS) is 16.7. The van der Waals surface area contributed by atoms with Gasteiger partial charge in [0.25, 0.3) is 0 Å². The number of carbonyl (C=O) groups is 2. The fourth-order valence-electron chi connectivity index (χ4n) is 5.79. The number of nitrogens with zero attached hydrogens (tertiary/aromatic N) is 4. The number of carboxylic acid groups (broad SMARTS) is 1. The van der Waals surface area contributed by atoms with Gasteiger partial charge in [-0.15, -0.1) is 0 Å². The van der Waals surface area contributed by atoms with Crippen molar-refractivity contribution in [1.29, 1.82) is 0 Å². The van der Waals surface area contributed by atoms with Gasteiger partial charge < -0.3 is 30.1 Å². The van der Waals surface area contributed by atoms with Crippen LogP contribution in [0.3, 0.4) is 0 Å². The molecule has 12 heteroatoms. The Morgan fingerprint density at radius 1 is 1.05 bits per heavy atom. The van der Waals surface area contributed by atoms with Gasteiger partial charge in [-0.3, -0.25) is 9.36 Å². The Balaban J connectivity index is 1.28. The lowest BCUT2D eigenvalue weighted by Crippen LogP contribution is -2.43. The second-order valence-electron chi connectivity index (χ2n) is 11.4. The Bertz CT molecular complexity index is 1420. The van der Waals surface area contributed by atoms with E-state index in [1.165, 1.54) is 4.57 Å². The fraction of sp³-hybridized carbons (Fsp3) is 0.469. The average Bonchev–Trinajstić information content (AvgIpc) is 3.05. The number of ether oxygens (including phenoxy) is 2. The number of rotatable bonds is 12. The molecular weight excluding hydrogens is 564 g/mol. The van der Waals surface area contributed by atoms with Crippen molar-refractivity contribution in [3.8, 4) is 0 Å². The number of piperidine rings is 1. The van der Waals surface area contributed by atoms with E-state index in [-0.39, 0.29) is 25.5 Å². The minimum atomic E-state index is -1.10. The van der Waals surface area contributed by atoms with Gasteiger partial charge in [-0.1, -0.05) is 36.4 Å². The molecule has 2 aliphatic heterocycles. The van der Waals surface area contributed by atoms with Crippen LogP contribution in [0.1, 0.15) is 49.1 Å². The van der Waals surface area contributed by atoms with Crippen LogP contribution in [0.4, 0.5) is 16.4 Å². The summed E-state index contributed by atoms with van der Waals surface area (Å²) in [6.07, 6.45) is 5.97. The standard InChI is InChI=1S/C32H40N6O6/c39-29(40)18-26(35-32(42)44-22-24-6-2-1-3-7-24)20-38-21-27(25-11-16-43-17-12-25)30(36-31(38)41)37-14-9-23(10-15-37)19-34-28-8-4-5-13-33-28/h1-8,13,21,23,25-26H,9-12,14-20,22H2,(H,33,34)(H,35,42)(H,39,40). The maximum Gasteiger partial charge on any atom is 0.407 e. The number of carbonyl (C=O) groups excluding carboxylic acids is 1. The molecule has 2 aliphatic rings. The monoisotopic (exact) mass is 604 g/mol. The highest BCUT2D eigenvalue weighted by Gasteiger charge is 2.28. The molecule has 0 aliphatic carbocycles. The third-order valence-electron chi connectivity index (χ3n) is 8.19. The number of aliphatic carboxylic acids is 1. The Hall–Kier alpha value is -4.45. The molecular formula is C32H40N6O6. The number of hydrogen-bond donors (Lipinski definition) is 3. The number of amides is 1. The zero-order valence-corrected chi connectivity index (χ0v) is 24.8. The van der Waals surface area contributed by atoms with E-state index in [0.29, 0.717) is 24.9 Å². The largest absolute Gasteiger partial charge is 0.481 e. The number of anilines is 2. The molecule has 2 aromatic heterocycles. The summed E-state index contributed by atoms with van der Waals surface area (Å²) in [5.74, 6) is 1.09. The highest BCUT2D eigenvalue weighted by atomic mass is 16.5. The zero-order chi connectivity index (χ0) is 30.7. The maximum atomic E-state index is 13.4. The number of pyridine rings is 1. The van der Waals surface area contributed by atoms with Gasteiger partial charge in [0.05, 0.1) is 12.5 Å². The van der Waals surface area contributed by atoms with Gasteiger partial charge in [0, 0.05) is 57.3 Å². The van der Waals surface area contributed by atoms with Crippen molar-refractivity contribution < 1.29 is 24.2 Å². The lowest BCUT2D eigenvalue weighted by molar-refractivity contribution is -0.137. The van der Waals surface area contributed by atoms with Crippen LogP contribution in [0.5, 0.6) is 0 Å². The minimum Gasteiger partial charge on any atom is -0.481 e. The molecule has 0 bridgehead atoms. The van der Waals surface area contributed by atoms with Crippen LogP contribution >= 0.6 is 0 Å². The van der Waals surface area contributed by atoms with E-state index in [1.54, 1.807) is 12.4 Å². The molecule has 0 saturated carbocycles. The smallest absolute Gasteiger partial charge is 0.407 e. The Labute approximate surface area is 256 Å². The molecule has 12 nitrogen and oxygen atoms in total. The van der Waals surface area contributed by atoms with E-state index < -0.39 is 23.8 Å². The van der Waals surface area contributed by atoms with Gasteiger partial charge in [-0.25, -0.2) is 14.6 Å². The number of aromatic nitrogens is 3. The average molecular weight is 605 g/mol. The van der Waals surface area contributed by atoms with Crippen LogP contribution in [-0.4, -0.2) is 70.6 Å². The molecule has 2 fully saturated rings. The van der Waals surface area contributed by atoms with Crippen molar-refractivity contribution in [3.05, 3.63) is 82.5 Å². The van der Waals surface area contributed by atoms with Crippen molar-refractivity contribution in [1.82, 2.24) is 19.9 Å². The van der Waals surface area contributed by atoms with Crippen molar-refractivity contribution in [2.45, 2.75) is 57.2 Å². The predicted octanol–water partition coefficient (Wildman–Crippen LogP) is 3.63. The second-order valence-corrected chi connectivity index (χ2v) is 11.4. The zero-order valence-electron chi connectivity index (χ0n) is 24.8. The van der Waals surface area contributed by atoms with Gasteiger partial charge in [0.15, 0.2) is 0 Å². The Morgan fingerprint density at radius 3 is 2.50 bits per heavy atom. The van der Waals surface area contributed by atoms with Crippen molar-refractivity contribution in [2.24, 2.45) is 5.92 Å². The number of alkyl carbamates (subject to hydrolysis) is 1. The summed E-state index contributed by atoms with van der Waals surface area (Å²) in [5.41, 5.74) is 1.28. The molecule has 0 spiro atoms. The molecule has 3 aromatic rings. The van der Waals surface area contributed by atoms with Gasteiger partial charge >= 0.3 is 17.8 Å². The van der Waals surface area contributed by atoms with E-state index in [9.17, 15) is 19.5 Å². The molecule has 234 valence electrons. The van der Waals surface area contributed by atoms with Crippen molar-refractivity contribution in [2.75, 3.05) is 43.1 Å². The summed E-state index contributed by atoms with van der Waals surface area (Å²) in [6.45, 7) is 3.64. The SMILES string of the molecule is O=C(O)CC(Cn1cc(C2CCOCC2)c(N2CCC(CNc3ccccn3)CC2)nc1=O)NC(=O)OCc1ccccc1. The summed E-state index contributed by atoms with van der Waals surface area (Å²) in [6, 6.07) is 14.1. The third kappa shape index (κ3) is 8.79. The van der Waals surface area contributed by atoms with E-state index in [0.717, 1.165) is 62.3 Å². The number of nitrogens with one attached hydrogen (secondary N) is 2. The topological polar surface area (TPSA) is 148 Å². The molecule has 5 rings (SSSR count). The summed E-state index contributed by atoms with van der Waals surface area (Å²) in [5, 5.41) is 15.6. The van der Waals surface area contributed by atoms with E-state index in [4.69, 9.17) is 9.47 Å². The number of carboxylic acids is 1. The quantitative estimate of drug-likeness (QED) is 0.280. The summed E-state index contributed by atoms with van der Waals surface area (Å²) in [7, 11) is 0. The molecule has 2 saturated heterocycles. The van der Waals surface area contributed by atoms with Gasteiger partial charge in [0.1, 0.15) is 18.2 Å². The van der Waals surface area contributed by atoms with E-state index in [1.807, 2.05) is 48.5 Å². The van der Waals surface area contributed by atoms with Crippen LogP contribution in [0.25, 0.3) is 0 Å². The van der Waals surface area contributed by atoms with E-state index >= 15 is 0 Å². The molecule has 1 atom stereocenters. The molecule has 44 heavy (non-hydrogen) atoms. The van der Waals surface area contributed by atoms with Crippen LogP contribution in [0.2, 0.25) is 0 Å². The second kappa shape index (κ2) is 15.3. The van der Waals surface area contributed by atoms with Gasteiger partial charge in [0.2, 0.25) is 0 Å². The predicted molar refractivity (Wildman–Crippen MR) is 165 cm³/mol. The fourth-order valence-corrected chi connectivity index (χ4v) is 5.79. The van der Waals surface area contributed by atoms with Crippen LogP contribution in [0.15, 0.2) is 65.7 Å². The molecule has 3 N–H and O–H groups in total. The highest BCUT2D eigenvalue weighted by Crippen LogP contribution is 2.34. The van der Waals surface area contributed by atoms with Gasteiger partial charge in [-0.2, -0.15) is 4.98 Å². The molecule has 0 radical (unpaired) electrons. The number of hydrogen-bond acceptors (Lipinski definition) is 9. The van der Waals surface area contributed by atoms with Crippen LogP contribution in [-0.2, 0) is 27.4 Å². The lowest BCUT2D eigenvalue weighted by atomic mass is 9.91. The first-order chi connectivity index (χ1) is 21.4. The maximum absolute atomic E-state index is 13.4. The molecule has 4 heterocycles. The summed E-state index contributed by atoms with van der Waals surface area (Å²) < 4.78 is 12.3. The van der Waals surface area contributed by atoms with Crippen LogP contribution in [0, 0.1) is 5.92 Å². The van der Waals surface area contributed by atoms with Crippen molar-refractivity contribution >= 4 is 23.7 Å². The molecule has 1 aromatic carbocycles. The number of benzene rings is 1. The molecule has 1 amide bonds. The van der Waals surface area contributed by atoms with E-state index in [2.05, 4.69) is 25.5 Å². The first-order valence-corrected chi connectivity index (χ1v) is 15.2. The minimum absolute atomic E-state index is 0.0453. The molecule has 1 unspecified atom stereocenters. The first-order valence-electron chi connectivity index (χ1n) is 15.2. The first kappa shape index (κ1) is 31.0. The lowest BCUT2D eigenvalue weighted by Gasteiger charge is -2.35. The summed E-state index contributed by atoms with van der Waals surface area (Å²) >= 11 is 0. The Morgan fingerprint density at radius 2 is 1.80 bits per heavy atom. The van der Waals surface area contributed by atoms with Gasteiger partial charge in [-0.05, 0) is 55.2 Å². The van der Waals surface area contributed by atoms with Crippen LogP contribution < -0.4 is 21.2 Å². The Kier molecular flexibility index (Phi) is 10.8. The van der Waals surface area contributed by atoms with Crippen molar-refractivity contribution in [3.63, 3.8) is 0 Å². The third-order valence-corrected chi connectivity index (χ3v) is 8.19.